The van der Waals surface area contributed by atoms with Crippen molar-refractivity contribution in [3.05, 3.63) is 58.8 Å². The van der Waals surface area contributed by atoms with Gasteiger partial charge in [0.25, 0.3) is 0 Å². The predicted octanol–water partition coefficient (Wildman–Crippen LogP) is 3.94. The molecule has 0 atom stereocenters. The molecule has 0 radical (unpaired) electrons. The summed E-state index contributed by atoms with van der Waals surface area (Å²) in [5, 5.41) is 0. The Labute approximate surface area is 124 Å². The fourth-order valence-electron chi connectivity index (χ4n) is 2.04. The first-order valence-electron chi connectivity index (χ1n) is 6.74. The Kier molecular flexibility index (Phi) is 4.26. The Morgan fingerprint density at radius 1 is 1.29 bits per heavy atom. The van der Waals surface area contributed by atoms with Gasteiger partial charge in [-0.2, -0.15) is 0 Å². The fraction of sp³-hybridized carbons (Fsp3) is 0.294. The summed E-state index contributed by atoms with van der Waals surface area (Å²) in [4.78, 5) is 16.1. The summed E-state index contributed by atoms with van der Waals surface area (Å²) in [5.41, 5.74) is 3.04. The van der Waals surface area contributed by atoms with E-state index in [2.05, 4.69) is 11.6 Å². The first-order chi connectivity index (χ1) is 9.90. The topological polar surface area (TPSA) is 52.3 Å². The van der Waals surface area contributed by atoms with Crippen LogP contribution in [0.5, 0.6) is 5.75 Å². The molecule has 1 aromatic carbocycles. The van der Waals surface area contributed by atoms with Crippen molar-refractivity contribution in [2.75, 3.05) is 0 Å². The maximum absolute atomic E-state index is 12.0. The molecule has 4 heteroatoms. The monoisotopic (exact) mass is 285 g/mol. The molecule has 0 spiro atoms. The Morgan fingerprint density at radius 3 is 2.57 bits per heavy atom. The molecule has 0 unspecified atom stereocenters. The van der Waals surface area contributed by atoms with E-state index in [1.807, 2.05) is 20.8 Å². The van der Waals surface area contributed by atoms with Crippen LogP contribution in [0.4, 0.5) is 0 Å². The minimum absolute atomic E-state index is 0.0366. The molecule has 2 aromatic rings. The normalized spacial score (nSPS) is 10.5. The number of aromatic nitrogens is 1. The van der Waals surface area contributed by atoms with Gasteiger partial charge < -0.3 is 9.15 Å². The van der Waals surface area contributed by atoms with E-state index >= 15 is 0 Å². The first-order valence-corrected chi connectivity index (χ1v) is 6.74. The maximum atomic E-state index is 12.0. The molecule has 0 fully saturated rings. The van der Waals surface area contributed by atoms with Gasteiger partial charge in [0, 0.05) is 5.56 Å². The number of benzene rings is 1. The van der Waals surface area contributed by atoms with Crippen LogP contribution >= 0.6 is 0 Å². The zero-order valence-electron chi connectivity index (χ0n) is 12.8. The highest BCUT2D eigenvalue weighted by atomic mass is 16.5. The summed E-state index contributed by atoms with van der Waals surface area (Å²) in [6.07, 6.45) is 1.66. The molecule has 4 nitrogen and oxygen atoms in total. The molecular formula is C17H19NO3. The second-order valence-corrected chi connectivity index (χ2v) is 5.12. The van der Waals surface area contributed by atoms with E-state index in [0.717, 1.165) is 22.6 Å². The van der Waals surface area contributed by atoms with Gasteiger partial charge in [-0.15, -0.1) is 0 Å². The Hall–Kier alpha value is -2.36. The number of carbonyl (C=O) groups is 1. The molecule has 0 aliphatic carbocycles. The number of aryl methyl sites for hydroxylation is 1. The van der Waals surface area contributed by atoms with E-state index in [0.29, 0.717) is 17.0 Å². The average molecular weight is 285 g/mol. The number of oxazole rings is 1. The fourth-order valence-corrected chi connectivity index (χ4v) is 2.04. The number of allylic oxidation sites excluding steroid dienone is 1. The lowest BCUT2D eigenvalue weighted by Crippen LogP contribution is -2.05. The molecule has 0 saturated heterocycles. The molecule has 110 valence electrons. The Bertz CT molecular complexity index is 698. The second-order valence-electron chi connectivity index (χ2n) is 5.12. The Balaban J connectivity index is 2.20. The van der Waals surface area contributed by atoms with Gasteiger partial charge in [-0.3, -0.25) is 4.79 Å². The van der Waals surface area contributed by atoms with Gasteiger partial charge in [0.1, 0.15) is 11.5 Å². The summed E-state index contributed by atoms with van der Waals surface area (Å²) < 4.78 is 11.1. The minimum atomic E-state index is -0.0366. The number of ether oxygens (including phenoxy) is 1. The highest BCUT2D eigenvalue weighted by Crippen LogP contribution is 2.26. The third-order valence-corrected chi connectivity index (χ3v) is 3.39. The lowest BCUT2D eigenvalue weighted by Gasteiger charge is -2.13. The molecule has 21 heavy (non-hydrogen) atoms. The number of nitrogens with zero attached hydrogens (tertiary/aromatic N) is 1. The van der Waals surface area contributed by atoms with Crippen LogP contribution in [0.1, 0.15) is 40.1 Å². The first kappa shape index (κ1) is 15.0. The van der Waals surface area contributed by atoms with Crippen molar-refractivity contribution in [1.29, 1.82) is 0 Å². The van der Waals surface area contributed by atoms with Gasteiger partial charge in [-0.05, 0) is 56.5 Å². The Morgan fingerprint density at radius 2 is 2.00 bits per heavy atom. The largest absolute Gasteiger partial charge is 0.484 e. The van der Waals surface area contributed by atoms with Crippen LogP contribution in [-0.2, 0) is 6.61 Å². The van der Waals surface area contributed by atoms with Gasteiger partial charge in [0.15, 0.2) is 12.4 Å². The zero-order valence-corrected chi connectivity index (χ0v) is 12.8. The third kappa shape index (κ3) is 3.21. The van der Waals surface area contributed by atoms with Crippen molar-refractivity contribution in [3.63, 3.8) is 0 Å². The number of hydrogen-bond donors (Lipinski definition) is 0. The van der Waals surface area contributed by atoms with Gasteiger partial charge >= 0.3 is 0 Å². The van der Waals surface area contributed by atoms with Crippen LogP contribution in [0.3, 0.4) is 0 Å². The second kappa shape index (κ2) is 5.95. The summed E-state index contributed by atoms with van der Waals surface area (Å²) in [6, 6.07) is 3.57. The predicted molar refractivity (Wildman–Crippen MR) is 80.6 cm³/mol. The van der Waals surface area contributed by atoms with E-state index in [1.165, 1.54) is 0 Å². The van der Waals surface area contributed by atoms with Crippen LogP contribution in [0.15, 0.2) is 34.9 Å². The standard InChI is InChI=1S/C17H19NO3/c1-10(2)17(19)14-6-7-15(13(5)12(14)4)20-9-16-18-8-11(3)21-16/h6-8H,1,9H2,2-5H3. The van der Waals surface area contributed by atoms with E-state index in [1.54, 1.807) is 25.3 Å². The summed E-state index contributed by atoms with van der Waals surface area (Å²) >= 11 is 0. The highest BCUT2D eigenvalue weighted by molar-refractivity contribution is 6.09. The summed E-state index contributed by atoms with van der Waals surface area (Å²) in [5.74, 6) is 1.97. The molecule has 0 amide bonds. The minimum Gasteiger partial charge on any atom is -0.484 e. The van der Waals surface area contributed by atoms with E-state index in [-0.39, 0.29) is 12.4 Å². The lowest BCUT2D eigenvalue weighted by atomic mass is 9.96. The van der Waals surface area contributed by atoms with E-state index in [4.69, 9.17) is 9.15 Å². The van der Waals surface area contributed by atoms with Crippen LogP contribution < -0.4 is 4.74 Å². The molecule has 2 rings (SSSR count). The van der Waals surface area contributed by atoms with Crippen molar-refractivity contribution in [2.45, 2.75) is 34.3 Å². The van der Waals surface area contributed by atoms with Crippen molar-refractivity contribution in [1.82, 2.24) is 4.98 Å². The molecule has 0 aliphatic rings. The number of ketones is 1. The average Bonchev–Trinajstić information content (AvgIpc) is 2.85. The van der Waals surface area contributed by atoms with Crippen LogP contribution in [-0.4, -0.2) is 10.8 Å². The maximum Gasteiger partial charge on any atom is 0.232 e. The molecular weight excluding hydrogens is 266 g/mol. The van der Waals surface area contributed by atoms with Crippen LogP contribution in [0.2, 0.25) is 0 Å². The molecule has 0 N–H and O–H groups in total. The molecule has 0 saturated carbocycles. The van der Waals surface area contributed by atoms with E-state index < -0.39 is 0 Å². The summed E-state index contributed by atoms with van der Waals surface area (Å²) in [7, 11) is 0. The van der Waals surface area contributed by atoms with Gasteiger partial charge in [0.05, 0.1) is 6.20 Å². The SMILES string of the molecule is C=C(C)C(=O)c1ccc(OCc2ncc(C)o2)c(C)c1C. The van der Waals surface area contributed by atoms with Crippen molar-refractivity contribution >= 4 is 5.78 Å². The van der Waals surface area contributed by atoms with Gasteiger partial charge in [0.2, 0.25) is 5.89 Å². The van der Waals surface area contributed by atoms with Crippen LogP contribution in [0, 0.1) is 20.8 Å². The quantitative estimate of drug-likeness (QED) is 0.617. The smallest absolute Gasteiger partial charge is 0.232 e. The van der Waals surface area contributed by atoms with Crippen LogP contribution in [0.25, 0.3) is 0 Å². The number of hydrogen-bond acceptors (Lipinski definition) is 4. The molecule has 0 aliphatic heterocycles. The number of Topliss-reactive ketones (excluding diaryl/α,β-unsaturated/α-hetero) is 1. The molecule has 1 heterocycles. The number of rotatable bonds is 5. The van der Waals surface area contributed by atoms with Crippen molar-refractivity contribution in [2.24, 2.45) is 0 Å². The van der Waals surface area contributed by atoms with Gasteiger partial charge in [-0.25, -0.2) is 4.98 Å². The van der Waals surface area contributed by atoms with Crippen molar-refractivity contribution < 1.29 is 13.9 Å². The van der Waals surface area contributed by atoms with Gasteiger partial charge in [-0.1, -0.05) is 6.58 Å². The molecule has 1 aromatic heterocycles. The van der Waals surface area contributed by atoms with E-state index in [9.17, 15) is 4.79 Å². The zero-order chi connectivity index (χ0) is 15.6. The third-order valence-electron chi connectivity index (χ3n) is 3.39. The summed E-state index contributed by atoms with van der Waals surface area (Å²) in [6.45, 7) is 11.4. The number of carbonyl (C=O) groups excluding carboxylic acids is 1. The highest BCUT2D eigenvalue weighted by Gasteiger charge is 2.14. The molecule has 0 bridgehead atoms. The van der Waals surface area contributed by atoms with Crippen molar-refractivity contribution in [3.8, 4) is 5.75 Å². The lowest BCUT2D eigenvalue weighted by molar-refractivity contribution is 0.103.